The van der Waals surface area contributed by atoms with Gasteiger partial charge in [0.15, 0.2) is 0 Å². The molecule has 3 rings (SSSR count). The standard InChI is InChI=1S/C18H22N2O/c1-21-16-8-9-17-14(13-16)5-4-7-18(17)20-12-10-15-6-2-3-11-19-15/h2-3,6,8-9,11,13,18,20H,4-5,7,10,12H2,1H3. The lowest BCUT2D eigenvalue weighted by Gasteiger charge is -2.27. The highest BCUT2D eigenvalue weighted by molar-refractivity contribution is 5.39. The summed E-state index contributed by atoms with van der Waals surface area (Å²) in [7, 11) is 1.73. The Bertz CT molecular complexity index is 583. The van der Waals surface area contributed by atoms with Gasteiger partial charge in [-0.05, 0) is 54.7 Å². The first kappa shape index (κ1) is 14.1. The average Bonchev–Trinajstić information content (AvgIpc) is 2.55. The molecule has 1 atom stereocenters. The molecule has 0 amide bonds. The van der Waals surface area contributed by atoms with E-state index in [1.54, 1.807) is 7.11 Å². The van der Waals surface area contributed by atoms with Crippen molar-refractivity contribution in [3.63, 3.8) is 0 Å². The van der Waals surface area contributed by atoms with E-state index in [1.165, 1.54) is 24.0 Å². The van der Waals surface area contributed by atoms with E-state index in [0.29, 0.717) is 6.04 Å². The average molecular weight is 282 g/mol. The smallest absolute Gasteiger partial charge is 0.119 e. The van der Waals surface area contributed by atoms with Gasteiger partial charge in [-0.25, -0.2) is 0 Å². The Kier molecular flexibility index (Phi) is 4.51. The van der Waals surface area contributed by atoms with Crippen LogP contribution in [0.1, 0.15) is 35.7 Å². The van der Waals surface area contributed by atoms with E-state index in [2.05, 4.69) is 34.6 Å². The Hall–Kier alpha value is -1.87. The minimum atomic E-state index is 0.461. The maximum Gasteiger partial charge on any atom is 0.119 e. The number of nitrogens with one attached hydrogen (secondary N) is 1. The lowest BCUT2D eigenvalue weighted by atomic mass is 9.87. The molecular formula is C18H22N2O. The predicted octanol–water partition coefficient (Wildman–Crippen LogP) is 3.30. The quantitative estimate of drug-likeness (QED) is 0.913. The van der Waals surface area contributed by atoms with Crippen molar-refractivity contribution in [2.24, 2.45) is 0 Å². The van der Waals surface area contributed by atoms with Crippen LogP contribution in [0.4, 0.5) is 0 Å². The van der Waals surface area contributed by atoms with Gasteiger partial charge in [0.1, 0.15) is 5.75 Å². The van der Waals surface area contributed by atoms with Gasteiger partial charge in [-0.2, -0.15) is 0 Å². The first-order valence-corrected chi connectivity index (χ1v) is 7.67. The number of aromatic nitrogens is 1. The van der Waals surface area contributed by atoms with Gasteiger partial charge < -0.3 is 10.1 Å². The maximum atomic E-state index is 5.33. The zero-order valence-corrected chi connectivity index (χ0v) is 12.5. The summed E-state index contributed by atoms with van der Waals surface area (Å²) in [6, 6.07) is 13.0. The van der Waals surface area contributed by atoms with Crippen LogP contribution < -0.4 is 10.1 Å². The van der Waals surface area contributed by atoms with E-state index in [9.17, 15) is 0 Å². The molecule has 0 spiro atoms. The molecular weight excluding hydrogens is 260 g/mol. The van der Waals surface area contributed by atoms with Gasteiger partial charge >= 0.3 is 0 Å². The molecule has 1 unspecified atom stereocenters. The third-order valence-corrected chi connectivity index (χ3v) is 4.16. The molecule has 1 heterocycles. The monoisotopic (exact) mass is 282 g/mol. The molecule has 1 aromatic carbocycles. The van der Waals surface area contributed by atoms with Gasteiger partial charge in [0.2, 0.25) is 0 Å². The molecule has 3 heteroatoms. The summed E-state index contributed by atoms with van der Waals surface area (Å²) in [6.45, 7) is 0.965. The number of nitrogens with zero attached hydrogens (tertiary/aromatic N) is 1. The summed E-state index contributed by atoms with van der Waals surface area (Å²) >= 11 is 0. The van der Waals surface area contributed by atoms with Crippen LogP contribution in [0, 0.1) is 0 Å². The second kappa shape index (κ2) is 6.72. The minimum absolute atomic E-state index is 0.461. The highest BCUT2D eigenvalue weighted by Gasteiger charge is 2.19. The second-order valence-electron chi connectivity index (χ2n) is 5.53. The Balaban J connectivity index is 1.62. The molecule has 0 aliphatic heterocycles. The highest BCUT2D eigenvalue weighted by atomic mass is 16.5. The highest BCUT2D eigenvalue weighted by Crippen LogP contribution is 2.32. The maximum absolute atomic E-state index is 5.33. The van der Waals surface area contributed by atoms with E-state index in [-0.39, 0.29) is 0 Å². The van der Waals surface area contributed by atoms with Crippen molar-refractivity contribution in [3.05, 3.63) is 59.4 Å². The van der Waals surface area contributed by atoms with Crippen LogP contribution in [0.15, 0.2) is 42.6 Å². The fourth-order valence-electron chi connectivity index (χ4n) is 3.05. The number of hydrogen-bond donors (Lipinski definition) is 1. The van der Waals surface area contributed by atoms with Crippen molar-refractivity contribution >= 4 is 0 Å². The first-order chi connectivity index (χ1) is 10.4. The molecule has 0 radical (unpaired) electrons. The number of methoxy groups -OCH3 is 1. The Morgan fingerprint density at radius 1 is 1.29 bits per heavy atom. The predicted molar refractivity (Wildman–Crippen MR) is 84.6 cm³/mol. The van der Waals surface area contributed by atoms with Gasteiger partial charge in [-0.1, -0.05) is 12.1 Å². The van der Waals surface area contributed by atoms with Gasteiger partial charge in [0, 0.05) is 30.9 Å². The van der Waals surface area contributed by atoms with E-state index < -0.39 is 0 Å². The normalized spacial score (nSPS) is 17.3. The summed E-state index contributed by atoms with van der Waals surface area (Å²) < 4.78 is 5.33. The summed E-state index contributed by atoms with van der Waals surface area (Å²) in [5.41, 5.74) is 4.01. The molecule has 1 aliphatic rings. The third kappa shape index (κ3) is 3.42. The molecule has 21 heavy (non-hydrogen) atoms. The topological polar surface area (TPSA) is 34.1 Å². The van der Waals surface area contributed by atoms with Gasteiger partial charge in [-0.3, -0.25) is 4.98 Å². The number of hydrogen-bond acceptors (Lipinski definition) is 3. The molecule has 3 nitrogen and oxygen atoms in total. The largest absolute Gasteiger partial charge is 0.497 e. The van der Waals surface area contributed by atoms with Crippen LogP contribution in [-0.2, 0) is 12.8 Å². The number of fused-ring (bicyclic) bond motifs is 1. The minimum Gasteiger partial charge on any atom is -0.497 e. The van der Waals surface area contributed by atoms with E-state index in [1.807, 2.05) is 18.3 Å². The molecule has 0 fully saturated rings. The van der Waals surface area contributed by atoms with Crippen LogP contribution >= 0.6 is 0 Å². The lowest BCUT2D eigenvalue weighted by Crippen LogP contribution is -2.27. The summed E-state index contributed by atoms with van der Waals surface area (Å²) in [5, 5.41) is 3.68. The second-order valence-corrected chi connectivity index (χ2v) is 5.53. The molecule has 0 saturated carbocycles. The van der Waals surface area contributed by atoms with Crippen molar-refractivity contribution < 1.29 is 4.74 Å². The molecule has 1 N–H and O–H groups in total. The van der Waals surface area contributed by atoms with Crippen LogP contribution in [0.2, 0.25) is 0 Å². The summed E-state index contributed by atoms with van der Waals surface area (Å²) in [4.78, 5) is 4.37. The van der Waals surface area contributed by atoms with Crippen LogP contribution in [-0.4, -0.2) is 18.6 Å². The first-order valence-electron chi connectivity index (χ1n) is 7.67. The Labute approximate surface area is 126 Å². The van der Waals surface area contributed by atoms with Crippen molar-refractivity contribution in [2.45, 2.75) is 31.7 Å². The van der Waals surface area contributed by atoms with Crippen molar-refractivity contribution in [1.29, 1.82) is 0 Å². The molecule has 1 aliphatic carbocycles. The molecule has 0 bridgehead atoms. The molecule has 110 valence electrons. The fourth-order valence-corrected chi connectivity index (χ4v) is 3.05. The SMILES string of the molecule is COc1ccc2c(c1)CCCC2NCCc1ccccn1. The number of rotatable bonds is 5. The lowest BCUT2D eigenvalue weighted by molar-refractivity contribution is 0.411. The fraction of sp³-hybridized carbons (Fsp3) is 0.389. The number of aryl methyl sites for hydroxylation is 1. The Morgan fingerprint density at radius 3 is 3.05 bits per heavy atom. The van der Waals surface area contributed by atoms with Crippen LogP contribution in [0.3, 0.4) is 0 Å². The van der Waals surface area contributed by atoms with Gasteiger partial charge in [0.05, 0.1) is 7.11 Å². The molecule has 2 aromatic rings. The number of benzene rings is 1. The number of ether oxygens (including phenoxy) is 1. The van der Waals surface area contributed by atoms with Gasteiger partial charge in [0.25, 0.3) is 0 Å². The van der Waals surface area contributed by atoms with E-state index in [0.717, 1.165) is 30.8 Å². The summed E-state index contributed by atoms with van der Waals surface area (Å²) in [5.74, 6) is 0.961. The van der Waals surface area contributed by atoms with Crippen molar-refractivity contribution in [1.82, 2.24) is 10.3 Å². The van der Waals surface area contributed by atoms with E-state index in [4.69, 9.17) is 4.74 Å². The zero-order valence-electron chi connectivity index (χ0n) is 12.5. The van der Waals surface area contributed by atoms with Crippen molar-refractivity contribution in [3.8, 4) is 5.75 Å². The molecule has 0 saturated heterocycles. The third-order valence-electron chi connectivity index (χ3n) is 4.16. The summed E-state index contributed by atoms with van der Waals surface area (Å²) in [6.07, 6.45) is 6.44. The van der Waals surface area contributed by atoms with Crippen molar-refractivity contribution in [2.75, 3.05) is 13.7 Å². The van der Waals surface area contributed by atoms with Crippen LogP contribution in [0.5, 0.6) is 5.75 Å². The van der Waals surface area contributed by atoms with E-state index >= 15 is 0 Å². The number of pyridine rings is 1. The molecule has 1 aromatic heterocycles. The van der Waals surface area contributed by atoms with Crippen LogP contribution in [0.25, 0.3) is 0 Å². The zero-order chi connectivity index (χ0) is 14.5. The van der Waals surface area contributed by atoms with Gasteiger partial charge in [-0.15, -0.1) is 0 Å². The Morgan fingerprint density at radius 2 is 2.24 bits per heavy atom.